The largest absolute Gasteiger partial charge is 0.482 e. The van der Waals surface area contributed by atoms with Crippen molar-refractivity contribution < 1.29 is 33.8 Å². The maximum absolute atomic E-state index is 13.2. The summed E-state index contributed by atoms with van der Waals surface area (Å²) in [6.07, 6.45) is 0. The van der Waals surface area contributed by atoms with E-state index in [1.165, 1.54) is 30.3 Å². The number of nitrogens with zero attached hydrogens (tertiary/aromatic N) is 1. The minimum Gasteiger partial charge on any atom is -0.482 e. The van der Waals surface area contributed by atoms with Crippen LogP contribution in [0.25, 0.3) is 0 Å². The van der Waals surface area contributed by atoms with Crippen molar-refractivity contribution in [3.05, 3.63) is 114 Å². The smallest absolute Gasteiger partial charge is 0.341 e. The fourth-order valence-electron chi connectivity index (χ4n) is 3.89. The number of ether oxygens (including phenoxy) is 2. The molecule has 4 aromatic rings. The van der Waals surface area contributed by atoms with Crippen LogP contribution in [-0.4, -0.2) is 35.4 Å². The van der Waals surface area contributed by atoms with E-state index >= 15 is 0 Å². The van der Waals surface area contributed by atoms with Gasteiger partial charge >= 0.3 is 5.97 Å². The Labute approximate surface area is 216 Å². The van der Waals surface area contributed by atoms with Gasteiger partial charge < -0.3 is 19.9 Å². The SMILES string of the molecule is O=C(O)COc1ccc(NC(=O)c2ccc3c(c2)C(=O)N(c2ccc(Oc4ccccc4)cc2)C3=O)cc1. The van der Waals surface area contributed by atoms with Crippen LogP contribution in [0.3, 0.4) is 0 Å². The second kappa shape index (κ2) is 10.3. The normalized spacial score (nSPS) is 12.2. The Kier molecular flexibility index (Phi) is 6.56. The van der Waals surface area contributed by atoms with Gasteiger partial charge in [-0.1, -0.05) is 18.2 Å². The van der Waals surface area contributed by atoms with Crippen LogP contribution in [0.2, 0.25) is 0 Å². The number of rotatable bonds is 8. The third kappa shape index (κ3) is 5.07. The van der Waals surface area contributed by atoms with E-state index in [-0.39, 0.29) is 16.7 Å². The molecular formula is C29H20N2O7. The van der Waals surface area contributed by atoms with Gasteiger partial charge in [-0.2, -0.15) is 0 Å². The Morgan fingerprint density at radius 3 is 2.05 bits per heavy atom. The molecule has 9 heteroatoms. The molecule has 0 aliphatic carbocycles. The van der Waals surface area contributed by atoms with Gasteiger partial charge in [-0.15, -0.1) is 0 Å². The average molecular weight is 508 g/mol. The third-order valence-corrected chi connectivity index (χ3v) is 5.70. The van der Waals surface area contributed by atoms with Crippen molar-refractivity contribution in [2.45, 2.75) is 0 Å². The fourth-order valence-corrected chi connectivity index (χ4v) is 3.89. The van der Waals surface area contributed by atoms with Gasteiger partial charge in [0, 0.05) is 11.3 Å². The Morgan fingerprint density at radius 1 is 0.737 bits per heavy atom. The molecule has 0 saturated heterocycles. The van der Waals surface area contributed by atoms with Gasteiger partial charge in [-0.3, -0.25) is 14.4 Å². The van der Waals surface area contributed by atoms with E-state index in [1.54, 1.807) is 36.4 Å². The van der Waals surface area contributed by atoms with Gasteiger partial charge in [0.25, 0.3) is 17.7 Å². The molecular weight excluding hydrogens is 488 g/mol. The molecule has 0 atom stereocenters. The minimum absolute atomic E-state index is 0.129. The lowest BCUT2D eigenvalue weighted by atomic mass is 10.1. The molecule has 1 aliphatic heterocycles. The van der Waals surface area contributed by atoms with E-state index in [1.807, 2.05) is 30.3 Å². The average Bonchev–Trinajstić information content (AvgIpc) is 3.18. The van der Waals surface area contributed by atoms with Crippen LogP contribution >= 0.6 is 0 Å². The first-order valence-electron chi connectivity index (χ1n) is 11.5. The number of hydrogen-bond donors (Lipinski definition) is 2. The molecule has 0 bridgehead atoms. The highest BCUT2D eigenvalue weighted by atomic mass is 16.5. The summed E-state index contributed by atoms with van der Waals surface area (Å²) in [5.74, 6) is -1.03. The van der Waals surface area contributed by atoms with Crippen LogP contribution in [0, 0.1) is 0 Å². The molecule has 1 heterocycles. The number of hydrogen-bond acceptors (Lipinski definition) is 6. The first kappa shape index (κ1) is 24.3. The van der Waals surface area contributed by atoms with Crippen molar-refractivity contribution in [1.29, 1.82) is 0 Å². The summed E-state index contributed by atoms with van der Waals surface area (Å²) in [5, 5.41) is 11.4. The van der Waals surface area contributed by atoms with Crippen LogP contribution in [-0.2, 0) is 4.79 Å². The number of nitrogens with one attached hydrogen (secondary N) is 1. The molecule has 1 aliphatic rings. The standard InChI is InChI=1S/C29H20N2O7/c32-26(33)17-37-21-11-7-19(8-12-21)30-27(34)18-6-15-24-25(16-18)29(36)31(28(24)35)20-9-13-23(14-10-20)38-22-4-2-1-3-5-22/h1-16H,17H2,(H,30,34)(H,32,33). The lowest BCUT2D eigenvalue weighted by Crippen LogP contribution is -2.29. The molecule has 9 nitrogen and oxygen atoms in total. The third-order valence-electron chi connectivity index (χ3n) is 5.70. The Hall–Kier alpha value is -5.44. The molecule has 0 fully saturated rings. The van der Waals surface area contributed by atoms with Crippen LogP contribution in [0.1, 0.15) is 31.1 Å². The maximum atomic E-state index is 13.2. The summed E-state index contributed by atoms with van der Waals surface area (Å²) in [6.45, 7) is -0.476. The zero-order chi connectivity index (χ0) is 26.6. The summed E-state index contributed by atoms with van der Waals surface area (Å²) >= 11 is 0. The summed E-state index contributed by atoms with van der Waals surface area (Å²) in [4.78, 5) is 50.6. The number of carboxylic acid groups (broad SMARTS) is 1. The Morgan fingerprint density at radius 2 is 1.37 bits per heavy atom. The van der Waals surface area contributed by atoms with E-state index in [4.69, 9.17) is 14.6 Å². The van der Waals surface area contributed by atoms with Crippen molar-refractivity contribution >= 4 is 35.1 Å². The van der Waals surface area contributed by atoms with Crippen molar-refractivity contribution in [3.8, 4) is 17.2 Å². The van der Waals surface area contributed by atoms with Gasteiger partial charge in [-0.05, 0) is 78.9 Å². The topological polar surface area (TPSA) is 122 Å². The van der Waals surface area contributed by atoms with Crippen LogP contribution in [0.15, 0.2) is 97.1 Å². The molecule has 2 N–H and O–H groups in total. The number of carbonyl (C=O) groups is 4. The van der Waals surface area contributed by atoms with Crippen molar-refractivity contribution in [2.24, 2.45) is 0 Å². The highest BCUT2D eigenvalue weighted by Crippen LogP contribution is 2.31. The van der Waals surface area contributed by atoms with Crippen LogP contribution in [0.4, 0.5) is 11.4 Å². The first-order chi connectivity index (χ1) is 18.4. The lowest BCUT2D eigenvalue weighted by molar-refractivity contribution is -0.139. The second-order valence-electron chi connectivity index (χ2n) is 8.28. The van der Waals surface area contributed by atoms with Gasteiger partial charge in [0.15, 0.2) is 6.61 Å². The van der Waals surface area contributed by atoms with Gasteiger partial charge in [0.2, 0.25) is 0 Å². The Balaban J connectivity index is 1.28. The highest BCUT2D eigenvalue weighted by molar-refractivity contribution is 6.34. The van der Waals surface area contributed by atoms with E-state index in [0.717, 1.165) is 4.90 Å². The molecule has 38 heavy (non-hydrogen) atoms. The van der Waals surface area contributed by atoms with E-state index < -0.39 is 30.3 Å². The lowest BCUT2D eigenvalue weighted by Gasteiger charge is -2.14. The van der Waals surface area contributed by atoms with E-state index in [0.29, 0.717) is 28.6 Å². The number of aliphatic carboxylic acids is 1. The summed E-state index contributed by atoms with van der Waals surface area (Å²) in [7, 11) is 0. The highest BCUT2D eigenvalue weighted by Gasteiger charge is 2.37. The van der Waals surface area contributed by atoms with Crippen LogP contribution in [0.5, 0.6) is 17.2 Å². The van der Waals surface area contributed by atoms with Crippen molar-refractivity contribution in [2.75, 3.05) is 16.8 Å². The van der Waals surface area contributed by atoms with Crippen LogP contribution < -0.4 is 19.7 Å². The fraction of sp³-hybridized carbons (Fsp3) is 0.0345. The maximum Gasteiger partial charge on any atom is 0.341 e. The quantitative estimate of drug-likeness (QED) is 0.321. The number of anilines is 2. The number of fused-ring (bicyclic) bond motifs is 1. The minimum atomic E-state index is -1.10. The zero-order valence-corrected chi connectivity index (χ0v) is 19.8. The molecule has 0 unspecified atom stereocenters. The predicted octanol–water partition coefficient (Wildman–Crippen LogP) is 5.00. The molecule has 0 saturated carbocycles. The number of benzene rings is 4. The molecule has 5 rings (SSSR count). The van der Waals surface area contributed by atoms with Gasteiger partial charge in [0.1, 0.15) is 17.2 Å². The molecule has 3 amide bonds. The summed E-state index contributed by atoms with van der Waals surface area (Å²) < 4.78 is 10.8. The molecule has 0 aromatic heterocycles. The van der Waals surface area contributed by atoms with Gasteiger partial charge in [0.05, 0.1) is 16.8 Å². The number of imide groups is 1. The summed E-state index contributed by atoms with van der Waals surface area (Å²) in [6, 6.07) is 26.3. The second-order valence-corrected chi connectivity index (χ2v) is 8.28. The summed E-state index contributed by atoms with van der Waals surface area (Å²) in [5.41, 5.74) is 1.36. The van der Waals surface area contributed by atoms with Gasteiger partial charge in [-0.25, -0.2) is 9.69 Å². The van der Waals surface area contributed by atoms with Crippen molar-refractivity contribution in [1.82, 2.24) is 0 Å². The number of carbonyl (C=O) groups excluding carboxylic acids is 3. The molecule has 0 radical (unpaired) electrons. The molecule has 4 aromatic carbocycles. The number of amides is 3. The van der Waals surface area contributed by atoms with E-state index in [2.05, 4.69) is 5.32 Å². The number of carboxylic acids is 1. The van der Waals surface area contributed by atoms with Crippen molar-refractivity contribution in [3.63, 3.8) is 0 Å². The van der Waals surface area contributed by atoms with E-state index in [9.17, 15) is 19.2 Å². The monoisotopic (exact) mass is 508 g/mol. The Bertz CT molecular complexity index is 1530. The predicted molar refractivity (Wildman–Crippen MR) is 138 cm³/mol. The zero-order valence-electron chi connectivity index (χ0n) is 19.8. The molecule has 188 valence electrons. The molecule has 0 spiro atoms. The first-order valence-corrected chi connectivity index (χ1v) is 11.5. The number of para-hydroxylation sites is 1.